The van der Waals surface area contributed by atoms with Crippen molar-refractivity contribution < 1.29 is 14.6 Å². The van der Waals surface area contributed by atoms with E-state index in [9.17, 15) is 4.79 Å². The van der Waals surface area contributed by atoms with E-state index >= 15 is 0 Å². The second kappa shape index (κ2) is 8.78. The number of anilines is 1. The predicted octanol–water partition coefficient (Wildman–Crippen LogP) is 5.38. The van der Waals surface area contributed by atoms with E-state index in [2.05, 4.69) is 71.8 Å². The Morgan fingerprint density at radius 3 is 2.61 bits per heavy atom. The highest BCUT2D eigenvalue weighted by atomic mass is 32.1. The SMILES string of the molecule is Cc1c(-c2cccc(NC3CC(C)(C)CC(C)(C)C3)c2)sc(-c2nn[nH]n2)c1OCC(=O)O. The average Bonchev–Trinajstić information content (AvgIpc) is 3.32. The van der Waals surface area contributed by atoms with Crippen molar-refractivity contribution in [1.82, 2.24) is 20.6 Å². The summed E-state index contributed by atoms with van der Waals surface area (Å²) in [6.45, 7) is 10.9. The van der Waals surface area contributed by atoms with Crippen molar-refractivity contribution in [3.63, 3.8) is 0 Å². The average molecular weight is 470 g/mol. The minimum atomic E-state index is -1.04. The Kier molecular flexibility index (Phi) is 6.18. The van der Waals surface area contributed by atoms with Crippen molar-refractivity contribution in [3.8, 4) is 26.9 Å². The molecule has 0 saturated heterocycles. The summed E-state index contributed by atoms with van der Waals surface area (Å²) in [5, 5.41) is 27.1. The Balaban J connectivity index is 1.64. The summed E-state index contributed by atoms with van der Waals surface area (Å²) in [6.07, 6.45) is 3.49. The molecule has 2 aromatic heterocycles. The number of hydrogen-bond acceptors (Lipinski definition) is 7. The molecule has 0 bridgehead atoms. The standard InChI is InChI=1S/C24H31N5O3S/c1-14-19(32-12-18(30)31)21(22-26-28-29-27-22)33-20(14)15-7-6-8-16(9-15)25-17-10-23(2,3)13-24(4,5)11-17/h6-9,17,25H,10-13H2,1-5H3,(H,30,31)(H,26,27,28,29). The summed E-state index contributed by atoms with van der Waals surface area (Å²) in [7, 11) is 0. The van der Waals surface area contributed by atoms with E-state index in [4.69, 9.17) is 9.84 Å². The van der Waals surface area contributed by atoms with Gasteiger partial charge in [0.05, 0.1) is 0 Å². The zero-order valence-electron chi connectivity index (χ0n) is 19.7. The Bertz CT molecular complexity index is 1120. The second-order valence-electron chi connectivity index (χ2n) is 10.5. The van der Waals surface area contributed by atoms with Crippen molar-refractivity contribution in [2.75, 3.05) is 11.9 Å². The third-order valence-electron chi connectivity index (χ3n) is 6.03. The lowest BCUT2D eigenvalue weighted by Gasteiger charge is -2.45. The predicted molar refractivity (Wildman–Crippen MR) is 130 cm³/mol. The van der Waals surface area contributed by atoms with Crippen molar-refractivity contribution in [2.24, 2.45) is 10.8 Å². The summed E-state index contributed by atoms with van der Waals surface area (Å²) in [6, 6.07) is 8.76. The number of aromatic amines is 1. The zero-order valence-corrected chi connectivity index (χ0v) is 20.5. The van der Waals surface area contributed by atoms with Crippen LogP contribution in [0.5, 0.6) is 5.75 Å². The lowest BCUT2D eigenvalue weighted by atomic mass is 9.63. The Hall–Kier alpha value is -2.94. The molecule has 1 aliphatic rings. The van der Waals surface area contributed by atoms with Gasteiger partial charge < -0.3 is 15.2 Å². The molecule has 0 spiro atoms. The molecule has 0 aliphatic heterocycles. The van der Waals surface area contributed by atoms with Crippen LogP contribution in [0, 0.1) is 17.8 Å². The monoisotopic (exact) mass is 469 g/mol. The molecule has 0 amide bonds. The highest BCUT2D eigenvalue weighted by molar-refractivity contribution is 7.19. The van der Waals surface area contributed by atoms with Gasteiger partial charge in [0.1, 0.15) is 10.6 Å². The number of H-pyrrole nitrogens is 1. The van der Waals surface area contributed by atoms with Crippen molar-refractivity contribution in [1.29, 1.82) is 0 Å². The molecule has 0 unspecified atom stereocenters. The number of carboxylic acid groups (broad SMARTS) is 1. The molecule has 8 nitrogen and oxygen atoms in total. The Morgan fingerprint density at radius 2 is 1.97 bits per heavy atom. The van der Waals surface area contributed by atoms with Crippen LogP contribution in [0.1, 0.15) is 52.5 Å². The van der Waals surface area contributed by atoms with Crippen LogP contribution in [0.25, 0.3) is 21.1 Å². The maximum Gasteiger partial charge on any atom is 0.341 e. The summed E-state index contributed by atoms with van der Waals surface area (Å²) in [5.41, 5.74) is 3.58. The van der Waals surface area contributed by atoms with E-state index in [1.165, 1.54) is 17.8 Å². The van der Waals surface area contributed by atoms with E-state index in [-0.39, 0.29) is 0 Å². The first-order valence-electron chi connectivity index (χ1n) is 11.1. The minimum absolute atomic E-state index is 0.303. The first-order valence-corrected chi connectivity index (χ1v) is 11.9. The molecule has 3 aromatic rings. The topological polar surface area (TPSA) is 113 Å². The van der Waals surface area contributed by atoms with Gasteiger partial charge in [-0.15, -0.1) is 21.5 Å². The number of aromatic nitrogens is 4. The largest absolute Gasteiger partial charge is 0.480 e. The number of tetrazole rings is 1. The second-order valence-corrected chi connectivity index (χ2v) is 11.5. The van der Waals surface area contributed by atoms with E-state index in [0.717, 1.165) is 34.5 Å². The van der Waals surface area contributed by atoms with Crippen LogP contribution >= 0.6 is 11.3 Å². The van der Waals surface area contributed by atoms with Crippen LogP contribution in [-0.4, -0.2) is 44.3 Å². The number of aliphatic carboxylic acids is 1. The number of nitrogens with one attached hydrogen (secondary N) is 2. The molecular weight excluding hydrogens is 438 g/mol. The molecular formula is C24H31N5O3S. The summed E-state index contributed by atoms with van der Waals surface area (Å²) in [5.74, 6) is -0.172. The molecule has 0 atom stereocenters. The van der Waals surface area contributed by atoms with Gasteiger partial charge >= 0.3 is 5.97 Å². The fraction of sp³-hybridized carbons (Fsp3) is 0.500. The van der Waals surface area contributed by atoms with Crippen LogP contribution in [-0.2, 0) is 4.79 Å². The molecule has 9 heteroatoms. The maximum absolute atomic E-state index is 11.1. The zero-order chi connectivity index (χ0) is 23.8. The van der Waals surface area contributed by atoms with E-state index in [1.807, 2.05) is 13.0 Å². The first kappa shape index (κ1) is 23.2. The van der Waals surface area contributed by atoms with Crippen molar-refractivity contribution >= 4 is 23.0 Å². The van der Waals surface area contributed by atoms with E-state index < -0.39 is 12.6 Å². The van der Waals surface area contributed by atoms with E-state index in [0.29, 0.717) is 33.3 Å². The number of carboxylic acids is 1. The number of rotatable bonds is 7. The van der Waals surface area contributed by atoms with Crippen LogP contribution in [0.3, 0.4) is 0 Å². The molecule has 1 fully saturated rings. The number of hydrogen-bond donors (Lipinski definition) is 3. The van der Waals surface area contributed by atoms with Gasteiger partial charge in [-0.2, -0.15) is 5.21 Å². The Morgan fingerprint density at radius 1 is 1.24 bits per heavy atom. The molecule has 1 saturated carbocycles. The highest BCUT2D eigenvalue weighted by Gasteiger charge is 2.38. The van der Waals surface area contributed by atoms with Gasteiger partial charge in [0.25, 0.3) is 0 Å². The quantitative estimate of drug-likeness (QED) is 0.425. The molecule has 3 N–H and O–H groups in total. The number of carbonyl (C=O) groups is 1. The fourth-order valence-corrected chi connectivity index (χ4v) is 6.60. The van der Waals surface area contributed by atoms with E-state index in [1.54, 1.807) is 0 Å². The van der Waals surface area contributed by atoms with Gasteiger partial charge in [0.15, 0.2) is 6.61 Å². The van der Waals surface area contributed by atoms with Crippen LogP contribution in [0.4, 0.5) is 5.69 Å². The lowest BCUT2D eigenvalue weighted by Crippen LogP contribution is -2.40. The molecule has 33 heavy (non-hydrogen) atoms. The maximum atomic E-state index is 11.1. The normalized spacial score (nSPS) is 17.6. The van der Waals surface area contributed by atoms with Gasteiger partial charge in [0, 0.05) is 22.2 Å². The fourth-order valence-electron chi connectivity index (χ4n) is 5.42. The van der Waals surface area contributed by atoms with Gasteiger partial charge in [-0.05, 0) is 59.9 Å². The molecule has 1 aromatic carbocycles. The lowest BCUT2D eigenvalue weighted by molar-refractivity contribution is -0.139. The third kappa shape index (κ3) is 5.35. The summed E-state index contributed by atoms with van der Waals surface area (Å²) < 4.78 is 5.63. The number of benzene rings is 1. The minimum Gasteiger partial charge on any atom is -0.480 e. The molecule has 4 rings (SSSR count). The smallest absolute Gasteiger partial charge is 0.341 e. The Labute approximate surface area is 197 Å². The molecule has 0 radical (unpaired) electrons. The highest BCUT2D eigenvalue weighted by Crippen LogP contribution is 2.48. The molecule has 2 heterocycles. The van der Waals surface area contributed by atoms with Crippen LogP contribution in [0.15, 0.2) is 24.3 Å². The van der Waals surface area contributed by atoms with Crippen molar-refractivity contribution in [2.45, 2.75) is 59.9 Å². The van der Waals surface area contributed by atoms with Gasteiger partial charge in [-0.1, -0.05) is 39.8 Å². The van der Waals surface area contributed by atoms with Gasteiger partial charge in [-0.25, -0.2) is 4.79 Å². The van der Waals surface area contributed by atoms with Crippen molar-refractivity contribution in [3.05, 3.63) is 29.8 Å². The molecule has 1 aliphatic carbocycles. The summed E-state index contributed by atoms with van der Waals surface area (Å²) >= 11 is 1.47. The van der Waals surface area contributed by atoms with Crippen LogP contribution in [0.2, 0.25) is 0 Å². The summed E-state index contributed by atoms with van der Waals surface area (Å²) in [4.78, 5) is 12.8. The number of thiophene rings is 1. The first-order chi connectivity index (χ1) is 15.5. The van der Waals surface area contributed by atoms with Gasteiger partial charge in [-0.3, -0.25) is 0 Å². The van der Waals surface area contributed by atoms with Crippen LogP contribution < -0.4 is 10.1 Å². The van der Waals surface area contributed by atoms with Gasteiger partial charge in [0.2, 0.25) is 5.82 Å². The molecule has 176 valence electrons. The third-order valence-corrected chi connectivity index (χ3v) is 7.35. The number of nitrogens with zero attached hydrogens (tertiary/aromatic N) is 3. The number of ether oxygens (including phenoxy) is 1.